The maximum absolute atomic E-state index is 13.0. The van der Waals surface area contributed by atoms with Gasteiger partial charge in [-0.2, -0.15) is 0 Å². The third-order valence-electron chi connectivity index (χ3n) is 3.44. The predicted molar refractivity (Wildman–Crippen MR) is 96.3 cm³/mol. The first-order valence-corrected chi connectivity index (χ1v) is 9.01. The number of anilines is 2. The van der Waals surface area contributed by atoms with E-state index in [1.165, 1.54) is 55.5 Å². The van der Waals surface area contributed by atoms with E-state index in [1.54, 1.807) is 0 Å². The van der Waals surface area contributed by atoms with Crippen LogP contribution in [0.1, 0.15) is 17.3 Å². The molecule has 0 saturated heterocycles. The molecule has 9 nitrogen and oxygen atoms in total. The molecule has 0 aliphatic rings. The van der Waals surface area contributed by atoms with Gasteiger partial charge in [-0.25, -0.2) is 13.2 Å². The van der Waals surface area contributed by atoms with Crippen LogP contribution in [0.2, 0.25) is 0 Å². The minimum atomic E-state index is -4.37. The van der Waals surface area contributed by atoms with Gasteiger partial charge >= 0.3 is 11.9 Å². The Kier molecular flexibility index (Phi) is 5.81. The van der Waals surface area contributed by atoms with Gasteiger partial charge in [0.05, 0.1) is 16.1 Å². The van der Waals surface area contributed by atoms with Crippen LogP contribution >= 0.6 is 0 Å². The number of nitrogens with zero attached hydrogens (tertiary/aromatic N) is 1. The molecule has 0 aliphatic carbocycles. The van der Waals surface area contributed by atoms with E-state index in [2.05, 4.69) is 5.32 Å². The number of sulfonamides is 1. The predicted octanol–water partition coefficient (Wildman–Crippen LogP) is 1.62. The van der Waals surface area contributed by atoms with Crippen LogP contribution in [0.4, 0.5) is 11.4 Å². The van der Waals surface area contributed by atoms with Gasteiger partial charge in [0.2, 0.25) is 5.91 Å². The van der Waals surface area contributed by atoms with Crippen molar-refractivity contribution in [3.8, 4) is 0 Å². The minimum Gasteiger partial charge on any atom is -0.480 e. The molecule has 0 unspecified atom stereocenters. The van der Waals surface area contributed by atoms with Gasteiger partial charge in [0.25, 0.3) is 10.0 Å². The molecular weight excluding hydrogens is 376 g/mol. The van der Waals surface area contributed by atoms with Crippen molar-refractivity contribution in [2.45, 2.75) is 11.8 Å². The normalized spacial score (nSPS) is 10.9. The van der Waals surface area contributed by atoms with Gasteiger partial charge in [-0.3, -0.25) is 13.9 Å². The minimum absolute atomic E-state index is 0.252. The molecule has 10 heteroatoms. The molecule has 0 radical (unpaired) electrons. The monoisotopic (exact) mass is 392 g/mol. The Morgan fingerprint density at radius 1 is 1.00 bits per heavy atom. The highest BCUT2D eigenvalue weighted by atomic mass is 32.2. The molecule has 0 atom stereocenters. The molecule has 0 saturated carbocycles. The summed E-state index contributed by atoms with van der Waals surface area (Å²) in [7, 11) is -4.37. The van der Waals surface area contributed by atoms with Crippen LogP contribution in [-0.2, 0) is 19.6 Å². The number of carbonyl (C=O) groups is 3. The second kappa shape index (κ2) is 7.87. The zero-order valence-corrected chi connectivity index (χ0v) is 14.9. The highest BCUT2D eigenvalue weighted by Gasteiger charge is 2.30. The van der Waals surface area contributed by atoms with Crippen molar-refractivity contribution >= 4 is 39.2 Å². The lowest BCUT2D eigenvalue weighted by atomic mass is 10.2. The lowest BCUT2D eigenvalue weighted by Gasteiger charge is -2.24. The number of nitrogens with one attached hydrogen (secondary N) is 1. The fraction of sp³-hybridized carbons (Fsp3) is 0.118. The summed E-state index contributed by atoms with van der Waals surface area (Å²) >= 11 is 0. The molecule has 0 fully saturated rings. The van der Waals surface area contributed by atoms with Crippen molar-refractivity contribution in [2.75, 3.05) is 16.2 Å². The fourth-order valence-corrected chi connectivity index (χ4v) is 3.77. The third-order valence-corrected chi connectivity index (χ3v) is 5.22. The fourth-order valence-electron chi connectivity index (χ4n) is 2.34. The summed E-state index contributed by atoms with van der Waals surface area (Å²) in [5.41, 5.74) is -0.257. The van der Waals surface area contributed by atoms with E-state index in [4.69, 9.17) is 5.11 Å². The number of carboxylic acids is 2. The molecule has 27 heavy (non-hydrogen) atoms. The number of hydrogen-bond donors (Lipinski definition) is 3. The van der Waals surface area contributed by atoms with Crippen LogP contribution < -0.4 is 9.62 Å². The summed E-state index contributed by atoms with van der Waals surface area (Å²) in [6.45, 7) is 0.335. The van der Waals surface area contributed by atoms with Crippen molar-refractivity contribution < 1.29 is 33.0 Å². The molecule has 0 aromatic heterocycles. The first kappa shape index (κ1) is 19.9. The van der Waals surface area contributed by atoms with Gasteiger partial charge < -0.3 is 15.5 Å². The van der Waals surface area contributed by atoms with Gasteiger partial charge in [-0.05, 0) is 36.4 Å². The molecule has 2 rings (SSSR count). The van der Waals surface area contributed by atoms with Gasteiger partial charge in [0.15, 0.2) is 0 Å². The number of aromatic carboxylic acids is 1. The first-order valence-electron chi connectivity index (χ1n) is 7.57. The number of carbonyl (C=O) groups excluding carboxylic acids is 1. The number of carboxylic acid groups (broad SMARTS) is 2. The number of rotatable bonds is 7. The Balaban J connectivity index is 2.54. The second-order valence-electron chi connectivity index (χ2n) is 5.43. The van der Waals surface area contributed by atoms with Gasteiger partial charge in [-0.15, -0.1) is 0 Å². The second-order valence-corrected chi connectivity index (χ2v) is 7.30. The van der Waals surface area contributed by atoms with Crippen LogP contribution in [0.15, 0.2) is 53.4 Å². The summed E-state index contributed by atoms with van der Waals surface area (Å²) in [5, 5.41) is 20.9. The van der Waals surface area contributed by atoms with E-state index < -0.39 is 28.5 Å². The molecule has 2 aromatic rings. The van der Waals surface area contributed by atoms with Gasteiger partial charge in [0, 0.05) is 12.6 Å². The molecule has 0 heterocycles. The van der Waals surface area contributed by atoms with E-state index in [0.29, 0.717) is 9.99 Å². The Hall–Kier alpha value is -3.40. The largest absolute Gasteiger partial charge is 0.480 e. The van der Waals surface area contributed by atoms with E-state index in [1.807, 2.05) is 0 Å². The van der Waals surface area contributed by atoms with Crippen LogP contribution in [-0.4, -0.2) is 43.0 Å². The average Bonchev–Trinajstić information content (AvgIpc) is 2.59. The number of benzene rings is 2. The Morgan fingerprint density at radius 3 is 2.11 bits per heavy atom. The van der Waals surface area contributed by atoms with Gasteiger partial charge in [0.1, 0.15) is 6.54 Å². The topological polar surface area (TPSA) is 141 Å². The number of hydrogen-bond acceptors (Lipinski definition) is 5. The maximum atomic E-state index is 13.0. The highest BCUT2D eigenvalue weighted by Crippen LogP contribution is 2.27. The van der Waals surface area contributed by atoms with E-state index in [-0.39, 0.29) is 22.1 Å². The summed E-state index contributed by atoms with van der Waals surface area (Å²) in [6, 6.07) is 10.3. The third kappa shape index (κ3) is 4.61. The SMILES string of the molecule is CC(=O)Nc1ccc(S(=O)(=O)N(CC(=O)O)c2ccccc2C(=O)O)cc1. The smallest absolute Gasteiger partial charge is 0.337 e. The first-order chi connectivity index (χ1) is 12.6. The van der Waals surface area contributed by atoms with Crippen LogP contribution in [0.3, 0.4) is 0 Å². The van der Waals surface area contributed by atoms with Crippen molar-refractivity contribution in [2.24, 2.45) is 0 Å². The van der Waals surface area contributed by atoms with Crippen molar-refractivity contribution in [1.29, 1.82) is 0 Å². The van der Waals surface area contributed by atoms with Crippen molar-refractivity contribution in [3.05, 3.63) is 54.1 Å². The number of amides is 1. The molecule has 3 N–H and O–H groups in total. The molecule has 0 aliphatic heterocycles. The van der Waals surface area contributed by atoms with E-state index in [0.717, 1.165) is 0 Å². The summed E-state index contributed by atoms with van der Waals surface area (Å²) in [6.07, 6.45) is 0. The molecule has 142 valence electrons. The molecule has 0 bridgehead atoms. The van der Waals surface area contributed by atoms with E-state index >= 15 is 0 Å². The lowest BCUT2D eigenvalue weighted by molar-refractivity contribution is -0.135. The number of aliphatic carboxylic acids is 1. The molecule has 0 spiro atoms. The Labute approximate surface area is 154 Å². The lowest BCUT2D eigenvalue weighted by Crippen LogP contribution is -2.36. The highest BCUT2D eigenvalue weighted by molar-refractivity contribution is 7.92. The molecular formula is C17H16N2O7S. The van der Waals surface area contributed by atoms with Crippen LogP contribution in [0.5, 0.6) is 0 Å². The van der Waals surface area contributed by atoms with Crippen molar-refractivity contribution in [1.82, 2.24) is 0 Å². The standard InChI is InChI=1S/C17H16N2O7S/c1-11(20)18-12-6-8-13(9-7-12)27(25,26)19(10-16(21)22)15-5-3-2-4-14(15)17(23)24/h2-9H,10H2,1H3,(H,18,20)(H,21,22)(H,23,24). The summed E-state index contributed by atoms with van der Waals surface area (Å²) in [4.78, 5) is 33.4. The molecule has 1 amide bonds. The zero-order valence-electron chi connectivity index (χ0n) is 14.1. The Morgan fingerprint density at radius 2 is 1.59 bits per heavy atom. The quantitative estimate of drug-likeness (QED) is 0.650. The maximum Gasteiger partial charge on any atom is 0.337 e. The van der Waals surface area contributed by atoms with Crippen LogP contribution in [0.25, 0.3) is 0 Å². The average molecular weight is 392 g/mol. The van der Waals surface area contributed by atoms with Crippen LogP contribution in [0, 0.1) is 0 Å². The zero-order chi connectivity index (χ0) is 20.2. The summed E-state index contributed by atoms with van der Waals surface area (Å²) < 4.78 is 26.4. The van der Waals surface area contributed by atoms with Gasteiger partial charge in [-0.1, -0.05) is 12.1 Å². The Bertz CT molecular complexity index is 985. The summed E-state index contributed by atoms with van der Waals surface area (Å²) in [5.74, 6) is -3.18. The van der Waals surface area contributed by atoms with E-state index in [9.17, 15) is 27.9 Å². The van der Waals surface area contributed by atoms with Crippen molar-refractivity contribution in [3.63, 3.8) is 0 Å². The number of para-hydroxylation sites is 1. The molecule has 2 aromatic carbocycles.